The van der Waals surface area contributed by atoms with Crippen LogP contribution in [-0.4, -0.2) is 30.1 Å². The Labute approximate surface area is 111 Å². The van der Waals surface area contributed by atoms with Crippen molar-refractivity contribution < 1.29 is 19.4 Å². The summed E-state index contributed by atoms with van der Waals surface area (Å²) >= 11 is 0. The van der Waals surface area contributed by atoms with E-state index in [-0.39, 0.29) is 17.6 Å². The fraction of sp³-hybridized carbons (Fsp3) is 0.467. The number of ketones is 1. The fourth-order valence-electron chi connectivity index (χ4n) is 3.20. The van der Waals surface area contributed by atoms with Crippen LogP contribution in [0.5, 0.6) is 0 Å². The molecule has 0 bridgehead atoms. The average molecular weight is 260 g/mol. The third kappa shape index (κ3) is 2.06. The van der Waals surface area contributed by atoms with Crippen LogP contribution in [0.25, 0.3) is 0 Å². The Morgan fingerprint density at radius 3 is 2.74 bits per heavy atom. The third-order valence-corrected chi connectivity index (χ3v) is 4.23. The van der Waals surface area contributed by atoms with E-state index in [0.29, 0.717) is 13.2 Å². The van der Waals surface area contributed by atoms with E-state index in [1.54, 1.807) is 12.1 Å². The lowest BCUT2D eigenvalue weighted by Gasteiger charge is -2.31. The molecule has 4 heteroatoms. The molecule has 0 radical (unpaired) electrons. The molecule has 1 N–H and O–H groups in total. The van der Waals surface area contributed by atoms with Crippen molar-refractivity contribution in [2.45, 2.75) is 25.7 Å². The summed E-state index contributed by atoms with van der Waals surface area (Å²) in [4.78, 5) is 23.3. The van der Waals surface area contributed by atoms with Crippen molar-refractivity contribution >= 4 is 11.8 Å². The van der Waals surface area contributed by atoms with Gasteiger partial charge in [0.15, 0.2) is 5.78 Å². The molecule has 100 valence electrons. The molecule has 0 amide bonds. The van der Waals surface area contributed by atoms with E-state index >= 15 is 0 Å². The fourth-order valence-corrected chi connectivity index (χ4v) is 3.20. The largest absolute Gasteiger partial charge is 0.481 e. The van der Waals surface area contributed by atoms with Crippen molar-refractivity contribution in [2.24, 2.45) is 5.41 Å². The van der Waals surface area contributed by atoms with Crippen molar-refractivity contribution in [2.75, 3.05) is 13.2 Å². The summed E-state index contributed by atoms with van der Waals surface area (Å²) in [5, 5.41) is 8.83. The van der Waals surface area contributed by atoms with Gasteiger partial charge < -0.3 is 9.84 Å². The number of rotatable bonds is 2. The number of carboxylic acids is 1. The van der Waals surface area contributed by atoms with E-state index < -0.39 is 5.97 Å². The maximum atomic E-state index is 12.5. The lowest BCUT2D eigenvalue weighted by Crippen LogP contribution is -2.34. The number of ether oxygens (including phenoxy) is 1. The van der Waals surface area contributed by atoms with Crippen LogP contribution in [0.2, 0.25) is 0 Å². The maximum absolute atomic E-state index is 12.5. The van der Waals surface area contributed by atoms with Gasteiger partial charge in [0.05, 0.1) is 6.42 Å². The van der Waals surface area contributed by atoms with Crippen LogP contribution >= 0.6 is 0 Å². The van der Waals surface area contributed by atoms with Crippen molar-refractivity contribution in [3.05, 3.63) is 34.9 Å². The van der Waals surface area contributed by atoms with Gasteiger partial charge in [0.2, 0.25) is 0 Å². The highest BCUT2D eigenvalue weighted by Gasteiger charge is 2.46. The molecule has 1 saturated heterocycles. The molecule has 2 aliphatic rings. The summed E-state index contributed by atoms with van der Waals surface area (Å²) in [6.45, 7) is 1.28. The standard InChI is InChI=1S/C15H16O4/c16-13(17)8-10-1-2-12-11(7-10)9-15(14(12)18)3-5-19-6-4-15/h1-2,7H,3-6,8-9H2,(H,16,17). The van der Waals surface area contributed by atoms with Gasteiger partial charge in [-0.15, -0.1) is 0 Å². The van der Waals surface area contributed by atoms with Crippen LogP contribution < -0.4 is 0 Å². The quantitative estimate of drug-likeness (QED) is 0.881. The van der Waals surface area contributed by atoms with E-state index in [9.17, 15) is 9.59 Å². The van der Waals surface area contributed by atoms with Gasteiger partial charge in [-0.1, -0.05) is 18.2 Å². The summed E-state index contributed by atoms with van der Waals surface area (Å²) in [6, 6.07) is 5.43. The van der Waals surface area contributed by atoms with Crippen LogP contribution in [0.4, 0.5) is 0 Å². The molecule has 1 fully saturated rings. The smallest absolute Gasteiger partial charge is 0.307 e. The average Bonchev–Trinajstić information content (AvgIpc) is 2.62. The molecular formula is C15H16O4. The zero-order valence-corrected chi connectivity index (χ0v) is 10.6. The molecule has 1 spiro atoms. The van der Waals surface area contributed by atoms with E-state index in [1.165, 1.54) is 0 Å². The van der Waals surface area contributed by atoms with Crippen LogP contribution in [0.1, 0.15) is 34.3 Å². The number of Topliss-reactive ketones (excluding diaryl/α,β-unsaturated/α-hetero) is 1. The van der Waals surface area contributed by atoms with Crippen molar-refractivity contribution in [3.8, 4) is 0 Å². The van der Waals surface area contributed by atoms with E-state index in [2.05, 4.69) is 0 Å². The molecule has 1 aromatic rings. The molecule has 0 atom stereocenters. The van der Waals surface area contributed by atoms with Gasteiger partial charge in [-0.3, -0.25) is 9.59 Å². The molecule has 0 aromatic heterocycles. The lowest BCUT2D eigenvalue weighted by molar-refractivity contribution is -0.136. The Morgan fingerprint density at radius 2 is 2.05 bits per heavy atom. The maximum Gasteiger partial charge on any atom is 0.307 e. The number of aliphatic carboxylic acids is 1. The third-order valence-electron chi connectivity index (χ3n) is 4.23. The van der Waals surface area contributed by atoms with Gasteiger partial charge in [-0.05, 0) is 30.4 Å². The molecule has 3 rings (SSSR count). The number of carbonyl (C=O) groups excluding carboxylic acids is 1. The number of benzene rings is 1. The highest BCUT2D eigenvalue weighted by Crippen LogP contribution is 2.44. The Balaban J connectivity index is 1.92. The van der Waals surface area contributed by atoms with E-state index in [0.717, 1.165) is 36.0 Å². The Morgan fingerprint density at radius 1 is 1.32 bits per heavy atom. The summed E-state index contributed by atoms with van der Waals surface area (Å²) in [6.07, 6.45) is 2.29. The summed E-state index contributed by atoms with van der Waals surface area (Å²) in [7, 11) is 0. The summed E-state index contributed by atoms with van der Waals surface area (Å²) < 4.78 is 5.35. The van der Waals surface area contributed by atoms with Gasteiger partial charge in [0.25, 0.3) is 0 Å². The molecule has 1 aliphatic heterocycles. The van der Waals surface area contributed by atoms with Gasteiger partial charge in [0, 0.05) is 24.2 Å². The first-order valence-electron chi connectivity index (χ1n) is 6.57. The molecule has 1 heterocycles. The highest BCUT2D eigenvalue weighted by molar-refractivity contribution is 6.05. The van der Waals surface area contributed by atoms with Gasteiger partial charge in [0.1, 0.15) is 0 Å². The van der Waals surface area contributed by atoms with Crippen molar-refractivity contribution in [1.29, 1.82) is 0 Å². The second kappa shape index (κ2) is 4.46. The molecular weight excluding hydrogens is 244 g/mol. The molecule has 4 nitrogen and oxygen atoms in total. The first kappa shape index (κ1) is 12.4. The minimum Gasteiger partial charge on any atom is -0.481 e. The molecule has 1 aromatic carbocycles. The monoisotopic (exact) mass is 260 g/mol. The van der Waals surface area contributed by atoms with E-state index in [4.69, 9.17) is 9.84 Å². The van der Waals surface area contributed by atoms with Crippen molar-refractivity contribution in [3.63, 3.8) is 0 Å². The molecule has 1 aliphatic carbocycles. The zero-order valence-electron chi connectivity index (χ0n) is 10.6. The van der Waals surface area contributed by atoms with Crippen LogP contribution in [-0.2, 0) is 22.4 Å². The summed E-state index contributed by atoms with van der Waals surface area (Å²) in [5.41, 5.74) is 2.26. The highest BCUT2D eigenvalue weighted by atomic mass is 16.5. The number of carbonyl (C=O) groups is 2. The Kier molecular flexibility index (Phi) is 2.90. The Hall–Kier alpha value is -1.68. The minimum atomic E-state index is -0.843. The zero-order chi connectivity index (χ0) is 13.5. The lowest BCUT2D eigenvalue weighted by atomic mass is 9.77. The predicted molar refractivity (Wildman–Crippen MR) is 68.3 cm³/mol. The predicted octanol–water partition coefficient (Wildman–Crippen LogP) is 1.85. The normalized spacial score (nSPS) is 20.5. The second-order valence-corrected chi connectivity index (χ2v) is 5.46. The second-order valence-electron chi connectivity index (χ2n) is 5.46. The first-order chi connectivity index (χ1) is 9.11. The first-order valence-corrected chi connectivity index (χ1v) is 6.57. The van der Waals surface area contributed by atoms with Crippen molar-refractivity contribution in [1.82, 2.24) is 0 Å². The van der Waals surface area contributed by atoms with Gasteiger partial charge in [-0.25, -0.2) is 0 Å². The van der Waals surface area contributed by atoms with Gasteiger partial charge in [-0.2, -0.15) is 0 Å². The van der Waals surface area contributed by atoms with E-state index in [1.807, 2.05) is 6.07 Å². The summed E-state index contributed by atoms with van der Waals surface area (Å²) in [5.74, 6) is -0.627. The molecule has 19 heavy (non-hydrogen) atoms. The topological polar surface area (TPSA) is 63.6 Å². The SMILES string of the molecule is O=C(O)Cc1ccc2c(c1)CC1(CCOCC1)C2=O. The number of hydrogen-bond acceptors (Lipinski definition) is 3. The van der Waals surface area contributed by atoms with Crippen LogP contribution in [0.3, 0.4) is 0 Å². The van der Waals surface area contributed by atoms with Gasteiger partial charge >= 0.3 is 5.97 Å². The number of carboxylic acid groups (broad SMARTS) is 1. The van der Waals surface area contributed by atoms with Crippen LogP contribution in [0.15, 0.2) is 18.2 Å². The molecule has 0 unspecified atom stereocenters. The number of hydrogen-bond donors (Lipinski definition) is 1. The minimum absolute atomic E-state index is 0.0115. The van der Waals surface area contributed by atoms with Crippen LogP contribution in [0, 0.1) is 5.41 Å². The Bertz CT molecular complexity index is 541. The molecule has 0 saturated carbocycles. The number of fused-ring (bicyclic) bond motifs is 1.